The number of H-pyrrole nitrogens is 1. The number of hydrogen-bond donors (Lipinski definition) is 2. The Balaban J connectivity index is 2.04. The number of aromatic amines is 1. The third-order valence-corrected chi connectivity index (χ3v) is 4.49. The van der Waals surface area contributed by atoms with Gasteiger partial charge in [-0.2, -0.15) is 0 Å². The molecule has 2 aromatic heterocycles. The SMILES string of the molecule is CCCCn1c(N)c(N(CC)C(=O)c2cccc(-n3cnnn3)c2)c(=O)[nH]c1=O. The quantitative estimate of drug-likeness (QED) is 0.591. The van der Waals surface area contributed by atoms with Crippen molar-refractivity contribution in [2.24, 2.45) is 0 Å². The topological polar surface area (TPSA) is 145 Å². The zero-order chi connectivity index (χ0) is 21.0. The van der Waals surface area contributed by atoms with E-state index < -0.39 is 17.2 Å². The molecule has 1 aromatic carbocycles. The Bertz CT molecular complexity index is 1120. The summed E-state index contributed by atoms with van der Waals surface area (Å²) in [5.74, 6) is -0.459. The number of carbonyl (C=O) groups is 1. The molecule has 0 saturated heterocycles. The average molecular weight is 398 g/mol. The number of nitrogen functional groups attached to an aromatic ring is 1. The van der Waals surface area contributed by atoms with Gasteiger partial charge < -0.3 is 10.6 Å². The summed E-state index contributed by atoms with van der Waals surface area (Å²) < 4.78 is 2.70. The van der Waals surface area contributed by atoms with E-state index in [9.17, 15) is 14.4 Å². The highest BCUT2D eigenvalue weighted by atomic mass is 16.2. The van der Waals surface area contributed by atoms with Crippen molar-refractivity contribution in [1.82, 2.24) is 29.8 Å². The van der Waals surface area contributed by atoms with Crippen molar-refractivity contribution in [3.8, 4) is 5.69 Å². The molecule has 0 unspecified atom stereocenters. The summed E-state index contributed by atoms with van der Waals surface area (Å²) in [5, 5.41) is 11.0. The van der Waals surface area contributed by atoms with Crippen LogP contribution < -0.4 is 21.9 Å². The highest BCUT2D eigenvalue weighted by Crippen LogP contribution is 2.20. The van der Waals surface area contributed by atoms with Crippen molar-refractivity contribution < 1.29 is 4.79 Å². The largest absolute Gasteiger partial charge is 0.383 e. The fraction of sp³-hybridized carbons (Fsp3) is 0.333. The van der Waals surface area contributed by atoms with E-state index in [1.807, 2.05) is 6.92 Å². The molecule has 3 rings (SSSR count). The van der Waals surface area contributed by atoms with E-state index in [2.05, 4.69) is 20.5 Å². The van der Waals surface area contributed by atoms with Crippen LogP contribution in [0.15, 0.2) is 40.2 Å². The predicted octanol–water partition coefficient (Wildman–Crippen LogP) is 0.561. The van der Waals surface area contributed by atoms with E-state index in [4.69, 9.17) is 5.73 Å². The van der Waals surface area contributed by atoms with Crippen LogP contribution in [0.25, 0.3) is 5.69 Å². The number of aromatic nitrogens is 6. The molecular formula is C18H22N8O3. The molecule has 0 bridgehead atoms. The standard InChI is InChI=1S/C18H22N8O3/c1-3-5-9-25-15(19)14(16(27)21-18(25)29)24(4-2)17(28)12-7-6-8-13(10-12)26-11-20-22-23-26/h6-8,10-11H,3-5,9,19H2,1-2H3,(H,21,27,29). The number of nitrogens with zero attached hydrogens (tertiary/aromatic N) is 6. The van der Waals surface area contributed by atoms with Gasteiger partial charge in [0.1, 0.15) is 12.1 Å². The van der Waals surface area contributed by atoms with Gasteiger partial charge >= 0.3 is 5.69 Å². The number of carbonyl (C=O) groups excluding carboxylic acids is 1. The van der Waals surface area contributed by atoms with Crippen molar-refractivity contribution in [2.45, 2.75) is 33.2 Å². The molecule has 3 aromatic rings. The first-order valence-corrected chi connectivity index (χ1v) is 9.25. The van der Waals surface area contributed by atoms with Crippen LogP contribution in [0.3, 0.4) is 0 Å². The van der Waals surface area contributed by atoms with Gasteiger partial charge in [-0.3, -0.25) is 19.1 Å². The van der Waals surface area contributed by atoms with E-state index >= 15 is 0 Å². The average Bonchev–Trinajstić information content (AvgIpc) is 3.25. The van der Waals surface area contributed by atoms with Crippen LogP contribution in [-0.4, -0.2) is 42.2 Å². The fourth-order valence-corrected chi connectivity index (χ4v) is 3.00. The van der Waals surface area contributed by atoms with Crippen molar-refractivity contribution >= 4 is 17.4 Å². The lowest BCUT2D eigenvalue weighted by molar-refractivity contribution is 0.0988. The van der Waals surface area contributed by atoms with E-state index in [-0.39, 0.29) is 18.1 Å². The van der Waals surface area contributed by atoms with E-state index in [1.165, 1.54) is 20.5 Å². The Morgan fingerprint density at radius 2 is 2.07 bits per heavy atom. The Morgan fingerprint density at radius 1 is 1.28 bits per heavy atom. The number of amides is 1. The minimum absolute atomic E-state index is 0.0287. The van der Waals surface area contributed by atoms with Crippen LogP contribution in [0.1, 0.15) is 37.0 Å². The molecule has 0 atom stereocenters. The summed E-state index contributed by atoms with van der Waals surface area (Å²) in [6, 6.07) is 6.67. The van der Waals surface area contributed by atoms with Crippen LogP contribution in [0, 0.1) is 0 Å². The maximum Gasteiger partial charge on any atom is 0.330 e. The Hall–Kier alpha value is -3.76. The first kappa shape index (κ1) is 20.0. The zero-order valence-electron chi connectivity index (χ0n) is 16.2. The van der Waals surface area contributed by atoms with Crippen LogP contribution in [0.4, 0.5) is 11.5 Å². The molecule has 0 spiro atoms. The summed E-state index contributed by atoms with van der Waals surface area (Å²) in [5.41, 5.74) is 5.73. The fourth-order valence-electron chi connectivity index (χ4n) is 3.00. The van der Waals surface area contributed by atoms with Crippen LogP contribution >= 0.6 is 0 Å². The maximum atomic E-state index is 13.2. The van der Waals surface area contributed by atoms with E-state index in [0.29, 0.717) is 24.2 Å². The second kappa shape index (κ2) is 8.50. The van der Waals surface area contributed by atoms with Gasteiger partial charge in [-0.1, -0.05) is 19.4 Å². The van der Waals surface area contributed by atoms with Crippen molar-refractivity contribution in [1.29, 1.82) is 0 Å². The normalized spacial score (nSPS) is 10.8. The number of nitrogens with one attached hydrogen (secondary N) is 1. The third-order valence-electron chi connectivity index (χ3n) is 4.49. The molecule has 0 fully saturated rings. The first-order chi connectivity index (χ1) is 14.0. The molecule has 152 valence electrons. The van der Waals surface area contributed by atoms with Gasteiger partial charge in [0, 0.05) is 18.7 Å². The molecule has 1 amide bonds. The Kier molecular flexibility index (Phi) is 5.86. The van der Waals surface area contributed by atoms with E-state index in [1.54, 1.807) is 31.2 Å². The van der Waals surface area contributed by atoms with Crippen molar-refractivity contribution in [3.05, 3.63) is 57.0 Å². The van der Waals surface area contributed by atoms with Crippen LogP contribution in [-0.2, 0) is 6.54 Å². The minimum Gasteiger partial charge on any atom is -0.383 e. The van der Waals surface area contributed by atoms with Gasteiger partial charge in [-0.25, -0.2) is 9.48 Å². The van der Waals surface area contributed by atoms with Gasteiger partial charge in [0.25, 0.3) is 11.5 Å². The Labute approximate surface area is 165 Å². The van der Waals surface area contributed by atoms with Gasteiger partial charge in [0.15, 0.2) is 5.69 Å². The third kappa shape index (κ3) is 3.93. The summed E-state index contributed by atoms with van der Waals surface area (Å²) >= 11 is 0. The number of benzene rings is 1. The van der Waals surface area contributed by atoms with Gasteiger partial charge in [0.05, 0.1) is 5.69 Å². The summed E-state index contributed by atoms with van der Waals surface area (Å²) in [4.78, 5) is 41.4. The number of nitrogens with two attached hydrogens (primary N) is 1. The lowest BCUT2D eigenvalue weighted by Crippen LogP contribution is -2.41. The molecule has 11 nitrogen and oxygen atoms in total. The van der Waals surface area contributed by atoms with Crippen LogP contribution in [0.5, 0.6) is 0 Å². The lowest BCUT2D eigenvalue weighted by Gasteiger charge is -2.23. The highest BCUT2D eigenvalue weighted by molar-refractivity contribution is 6.07. The second-order valence-electron chi connectivity index (χ2n) is 6.35. The van der Waals surface area contributed by atoms with E-state index in [0.717, 1.165) is 6.42 Å². The van der Waals surface area contributed by atoms with Gasteiger partial charge in [-0.05, 0) is 42.0 Å². The van der Waals surface area contributed by atoms with Crippen LogP contribution in [0.2, 0.25) is 0 Å². The molecule has 0 aliphatic heterocycles. The molecule has 0 aliphatic carbocycles. The monoisotopic (exact) mass is 398 g/mol. The molecule has 29 heavy (non-hydrogen) atoms. The Morgan fingerprint density at radius 3 is 2.72 bits per heavy atom. The second-order valence-corrected chi connectivity index (χ2v) is 6.35. The number of tetrazole rings is 1. The number of unbranched alkanes of at least 4 members (excludes halogenated alkanes) is 1. The number of rotatable bonds is 7. The summed E-state index contributed by atoms with van der Waals surface area (Å²) in [6.45, 7) is 4.25. The highest BCUT2D eigenvalue weighted by Gasteiger charge is 2.24. The van der Waals surface area contributed by atoms with Crippen molar-refractivity contribution in [2.75, 3.05) is 17.2 Å². The first-order valence-electron chi connectivity index (χ1n) is 9.25. The lowest BCUT2D eigenvalue weighted by atomic mass is 10.1. The molecule has 2 heterocycles. The molecule has 3 N–H and O–H groups in total. The minimum atomic E-state index is -0.702. The predicted molar refractivity (Wildman–Crippen MR) is 107 cm³/mol. The molecule has 11 heteroatoms. The molecule has 0 aliphatic rings. The molecular weight excluding hydrogens is 376 g/mol. The molecule has 0 radical (unpaired) electrons. The summed E-state index contributed by atoms with van der Waals surface area (Å²) in [6.07, 6.45) is 2.97. The van der Waals surface area contributed by atoms with Gasteiger partial charge in [0.2, 0.25) is 0 Å². The molecule has 0 saturated carbocycles. The zero-order valence-corrected chi connectivity index (χ0v) is 16.2. The summed E-state index contributed by atoms with van der Waals surface area (Å²) in [7, 11) is 0. The smallest absolute Gasteiger partial charge is 0.330 e. The maximum absolute atomic E-state index is 13.2. The number of hydrogen-bond acceptors (Lipinski definition) is 7. The van der Waals surface area contributed by atoms with Crippen molar-refractivity contribution in [3.63, 3.8) is 0 Å². The number of anilines is 2. The van der Waals surface area contributed by atoms with Gasteiger partial charge in [-0.15, -0.1) is 5.10 Å².